The van der Waals surface area contributed by atoms with Crippen molar-refractivity contribution in [2.24, 2.45) is 0 Å². The minimum Gasteiger partial charge on any atom is -0.455 e. The second-order valence-corrected chi connectivity index (χ2v) is 17.2. The first-order valence-electron chi connectivity index (χ1n) is 21.4. The Bertz CT molecular complexity index is 3770. The SMILES string of the molecule is CC1(C)c2ccccc2-c2c(N(c3ccc(-c4ccc5c(c4)oc4c6ccccc6ccc54)cc3)c3ccc(-c4cccc5c4oc4c6ccccc6ccc54)cc3)cccc21. The standard InChI is InChI=1S/C59H39NO2/c1-59(2)51-18-8-7-15-50(51)55-52(59)19-10-20-53(55)60(41-28-21-36(22-29-41)40-27-32-46-48-33-25-37-11-3-5-13-43(37)56(48)61-54(46)35-40)42-30-23-39(24-31-42)45-16-9-17-47-49-34-26-38-12-4-6-14-44(38)58(49)62-57(45)47/h3-35H,1-2H3. The van der Waals surface area contributed by atoms with Crippen LogP contribution in [0.4, 0.5) is 17.1 Å². The van der Waals surface area contributed by atoms with Crippen LogP contribution in [0.15, 0.2) is 209 Å². The van der Waals surface area contributed by atoms with Crippen LogP contribution in [0.1, 0.15) is 25.0 Å². The summed E-state index contributed by atoms with van der Waals surface area (Å²) in [7, 11) is 0. The second-order valence-electron chi connectivity index (χ2n) is 17.2. The molecule has 0 unspecified atom stereocenters. The van der Waals surface area contributed by atoms with E-state index in [2.05, 4.69) is 219 Å². The number of anilines is 3. The zero-order valence-electron chi connectivity index (χ0n) is 34.3. The highest BCUT2D eigenvalue weighted by molar-refractivity contribution is 6.18. The van der Waals surface area contributed by atoms with Gasteiger partial charge in [0.15, 0.2) is 0 Å². The molecule has 292 valence electrons. The Balaban J connectivity index is 0.937. The van der Waals surface area contributed by atoms with Crippen LogP contribution < -0.4 is 4.90 Å². The zero-order chi connectivity index (χ0) is 41.1. The summed E-state index contributed by atoms with van der Waals surface area (Å²) in [5.41, 5.74) is 16.6. The van der Waals surface area contributed by atoms with Crippen molar-refractivity contribution >= 4 is 82.5 Å². The van der Waals surface area contributed by atoms with Crippen molar-refractivity contribution in [1.29, 1.82) is 0 Å². The Morgan fingerprint density at radius 3 is 1.65 bits per heavy atom. The molecule has 0 fully saturated rings. The summed E-state index contributed by atoms with van der Waals surface area (Å²) in [6.07, 6.45) is 0. The molecule has 0 atom stereocenters. The topological polar surface area (TPSA) is 29.5 Å². The van der Waals surface area contributed by atoms with Gasteiger partial charge in [-0.15, -0.1) is 0 Å². The molecule has 0 bridgehead atoms. The van der Waals surface area contributed by atoms with Gasteiger partial charge in [0.25, 0.3) is 0 Å². The van der Waals surface area contributed by atoms with Gasteiger partial charge in [0.05, 0.1) is 5.69 Å². The predicted molar refractivity (Wildman–Crippen MR) is 259 cm³/mol. The Labute approximate surface area is 358 Å². The summed E-state index contributed by atoms with van der Waals surface area (Å²) in [6.45, 7) is 4.69. The fraction of sp³-hybridized carbons (Fsp3) is 0.0508. The molecule has 0 radical (unpaired) electrons. The highest BCUT2D eigenvalue weighted by Gasteiger charge is 2.37. The summed E-state index contributed by atoms with van der Waals surface area (Å²) >= 11 is 0. The number of para-hydroxylation sites is 1. The highest BCUT2D eigenvalue weighted by Crippen LogP contribution is 2.54. The van der Waals surface area contributed by atoms with Gasteiger partial charge in [-0.2, -0.15) is 0 Å². The number of hydrogen-bond acceptors (Lipinski definition) is 3. The van der Waals surface area contributed by atoms with Crippen LogP contribution in [-0.2, 0) is 5.41 Å². The van der Waals surface area contributed by atoms with Crippen molar-refractivity contribution in [2.45, 2.75) is 19.3 Å². The molecular weight excluding hydrogens is 755 g/mol. The molecule has 3 nitrogen and oxygen atoms in total. The van der Waals surface area contributed by atoms with Crippen LogP contribution in [0.5, 0.6) is 0 Å². The summed E-state index contributed by atoms with van der Waals surface area (Å²) in [5, 5.41) is 9.17. The molecule has 0 N–H and O–H groups in total. The lowest BCUT2D eigenvalue weighted by Crippen LogP contribution is -2.16. The molecule has 1 aliphatic rings. The fourth-order valence-electron chi connectivity index (χ4n) is 10.4. The number of fused-ring (bicyclic) bond motifs is 13. The molecule has 1 aliphatic carbocycles. The average molecular weight is 794 g/mol. The van der Waals surface area contributed by atoms with Gasteiger partial charge in [0.1, 0.15) is 22.3 Å². The van der Waals surface area contributed by atoms with Crippen LogP contribution in [-0.4, -0.2) is 0 Å². The number of furan rings is 2. The van der Waals surface area contributed by atoms with Gasteiger partial charge in [0.2, 0.25) is 0 Å². The van der Waals surface area contributed by atoms with Gasteiger partial charge in [0, 0.05) is 60.2 Å². The van der Waals surface area contributed by atoms with Gasteiger partial charge in [-0.05, 0) is 98.8 Å². The maximum atomic E-state index is 6.76. The molecule has 0 saturated heterocycles. The molecule has 0 aliphatic heterocycles. The van der Waals surface area contributed by atoms with E-state index in [-0.39, 0.29) is 5.41 Å². The van der Waals surface area contributed by atoms with Crippen LogP contribution in [0.2, 0.25) is 0 Å². The van der Waals surface area contributed by atoms with E-state index in [9.17, 15) is 0 Å². The van der Waals surface area contributed by atoms with E-state index in [4.69, 9.17) is 8.83 Å². The maximum absolute atomic E-state index is 6.76. The van der Waals surface area contributed by atoms with E-state index in [1.807, 2.05) is 0 Å². The number of rotatable bonds is 5. The quantitative estimate of drug-likeness (QED) is 0.174. The third-order valence-electron chi connectivity index (χ3n) is 13.5. The smallest absolute Gasteiger partial charge is 0.143 e. The highest BCUT2D eigenvalue weighted by atomic mass is 16.3. The van der Waals surface area contributed by atoms with Gasteiger partial charge in [-0.1, -0.05) is 159 Å². The summed E-state index contributed by atoms with van der Waals surface area (Å²) in [4.78, 5) is 2.42. The zero-order valence-corrected chi connectivity index (χ0v) is 34.3. The van der Waals surface area contributed by atoms with Gasteiger partial charge >= 0.3 is 0 Å². The fourth-order valence-corrected chi connectivity index (χ4v) is 10.4. The molecule has 13 rings (SSSR count). The Morgan fingerprint density at radius 2 is 0.903 bits per heavy atom. The molecule has 10 aromatic carbocycles. The van der Waals surface area contributed by atoms with E-state index in [1.165, 1.54) is 33.0 Å². The lowest BCUT2D eigenvalue weighted by Gasteiger charge is -2.29. The largest absolute Gasteiger partial charge is 0.455 e. The molecule has 0 amide bonds. The lowest BCUT2D eigenvalue weighted by atomic mass is 9.82. The van der Waals surface area contributed by atoms with Crippen molar-refractivity contribution in [2.75, 3.05) is 4.90 Å². The number of hydrogen-bond donors (Lipinski definition) is 0. The molecule has 0 spiro atoms. The van der Waals surface area contributed by atoms with Crippen LogP contribution in [0.25, 0.3) is 98.8 Å². The lowest BCUT2D eigenvalue weighted by molar-refractivity contribution is 0.660. The van der Waals surface area contributed by atoms with E-state index < -0.39 is 0 Å². The van der Waals surface area contributed by atoms with E-state index in [1.54, 1.807) is 0 Å². The minimum absolute atomic E-state index is 0.125. The van der Waals surface area contributed by atoms with Gasteiger partial charge < -0.3 is 13.7 Å². The summed E-state index contributed by atoms with van der Waals surface area (Å²) in [5.74, 6) is 0. The maximum Gasteiger partial charge on any atom is 0.143 e. The Morgan fingerprint density at radius 1 is 0.371 bits per heavy atom. The van der Waals surface area contributed by atoms with Gasteiger partial charge in [-0.25, -0.2) is 0 Å². The first-order chi connectivity index (χ1) is 30.5. The van der Waals surface area contributed by atoms with Crippen LogP contribution >= 0.6 is 0 Å². The first-order valence-corrected chi connectivity index (χ1v) is 21.4. The van der Waals surface area contributed by atoms with E-state index >= 15 is 0 Å². The molecule has 2 heterocycles. The van der Waals surface area contributed by atoms with E-state index in [0.717, 1.165) is 94.0 Å². The van der Waals surface area contributed by atoms with Crippen molar-refractivity contribution in [3.63, 3.8) is 0 Å². The molecule has 12 aromatic rings. The third-order valence-corrected chi connectivity index (χ3v) is 13.5. The summed E-state index contributed by atoms with van der Waals surface area (Å²) < 4.78 is 13.3. The number of nitrogens with zero attached hydrogens (tertiary/aromatic N) is 1. The molecule has 3 heteroatoms. The first kappa shape index (κ1) is 34.9. The van der Waals surface area contributed by atoms with Crippen molar-refractivity contribution in [1.82, 2.24) is 0 Å². The van der Waals surface area contributed by atoms with Gasteiger partial charge in [-0.3, -0.25) is 0 Å². The third kappa shape index (κ3) is 5.06. The predicted octanol–water partition coefficient (Wildman–Crippen LogP) is 16.9. The monoisotopic (exact) mass is 793 g/mol. The number of benzene rings is 10. The molecule has 62 heavy (non-hydrogen) atoms. The minimum atomic E-state index is -0.125. The summed E-state index contributed by atoms with van der Waals surface area (Å²) in [6, 6.07) is 72.4. The van der Waals surface area contributed by atoms with Crippen molar-refractivity contribution in [3.05, 3.63) is 211 Å². The molecule has 2 aromatic heterocycles. The van der Waals surface area contributed by atoms with Crippen molar-refractivity contribution in [3.8, 4) is 33.4 Å². The average Bonchev–Trinajstić information content (AvgIpc) is 3.98. The Hall–Kier alpha value is -7.88. The van der Waals surface area contributed by atoms with Crippen LogP contribution in [0, 0.1) is 0 Å². The Kier molecular flexibility index (Phi) is 7.36. The van der Waals surface area contributed by atoms with E-state index in [0.29, 0.717) is 0 Å². The normalized spacial score (nSPS) is 13.1. The second kappa shape index (κ2) is 13.1. The van der Waals surface area contributed by atoms with Crippen LogP contribution in [0.3, 0.4) is 0 Å². The molecular formula is C59H39NO2. The van der Waals surface area contributed by atoms with Crippen molar-refractivity contribution < 1.29 is 8.83 Å². The molecule has 0 saturated carbocycles.